The number of rotatable bonds is 8. The molecule has 8 nitrogen and oxygen atoms in total. The first-order valence-electron chi connectivity index (χ1n) is 8.98. The number of para-hydroxylation sites is 1. The lowest BCUT2D eigenvalue weighted by Crippen LogP contribution is -2.23. The Morgan fingerprint density at radius 3 is 2.45 bits per heavy atom. The monoisotopic (exact) mass is 444 g/mol. The van der Waals surface area contributed by atoms with Crippen LogP contribution in [0.2, 0.25) is 5.02 Å². The van der Waals surface area contributed by atoms with Crippen LogP contribution in [0.25, 0.3) is 0 Å². The Hall–Kier alpha value is -3.72. The van der Waals surface area contributed by atoms with Crippen molar-refractivity contribution >= 4 is 23.7 Å². The molecule has 0 saturated heterocycles. The third-order valence-corrected chi connectivity index (χ3v) is 4.64. The number of benzene rings is 2. The third kappa shape index (κ3) is 5.07. The quantitative estimate of drug-likeness (QED) is 0.408. The second-order valence-electron chi connectivity index (χ2n) is 6.22. The Morgan fingerprint density at radius 1 is 1.13 bits per heavy atom. The molecule has 3 aromatic rings. The van der Waals surface area contributed by atoms with Crippen molar-refractivity contribution in [3.63, 3.8) is 0 Å². The molecule has 1 atom stereocenters. The minimum atomic E-state index is -0.967. The van der Waals surface area contributed by atoms with Gasteiger partial charge in [-0.1, -0.05) is 41.0 Å². The summed E-state index contributed by atoms with van der Waals surface area (Å²) in [5.74, 6) is -2.86. The van der Waals surface area contributed by atoms with Gasteiger partial charge >= 0.3 is 0 Å². The molecule has 0 saturated carbocycles. The average Bonchev–Trinajstić information content (AvgIpc) is 2.75. The van der Waals surface area contributed by atoms with Crippen LogP contribution in [0, 0.1) is 12.7 Å². The number of hydrogen-bond donors (Lipinski definition) is 1. The van der Waals surface area contributed by atoms with E-state index in [1.165, 1.54) is 19.4 Å². The summed E-state index contributed by atoms with van der Waals surface area (Å²) in [6, 6.07) is 11.4. The maximum Gasteiger partial charge on any atom is 0.263 e. The second-order valence-corrected chi connectivity index (χ2v) is 6.63. The van der Waals surface area contributed by atoms with Crippen LogP contribution >= 0.6 is 11.6 Å². The molecule has 3 rings (SSSR count). The molecule has 0 aliphatic carbocycles. The topological polar surface area (TPSA) is 109 Å². The van der Waals surface area contributed by atoms with Gasteiger partial charge in [0.05, 0.1) is 6.21 Å². The van der Waals surface area contributed by atoms with Crippen molar-refractivity contribution in [3.05, 3.63) is 70.8 Å². The van der Waals surface area contributed by atoms with Gasteiger partial charge in [0.1, 0.15) is 30.9 Å². The van der Waals surface area contributed by atoms with Gasteiger partial charge in [0.15, 0.2) is 0 Å². The largest absolute Gasteiger partial charge is 0.436 e. The van der Waals surface area contributed by atoms with Crippen LogP contribution in [0.4, 0.5) is 4.39 Å². The smallest absolute Gasteiger partial charge is 0.263 e. The number of carbonyl (C=O) groups is 1. The lowest BCUT2D eigenvalue weighted by Gasteiger charge is -2.15. The minimum absolute atomic E-state index is 0.149. The van der Waals surface area contributed by atoms with Gasteiger partial charge in [-0.2, -0.15) is 14.4 Å². The normalized spacial score (nSPS) is 11.9. The van der Waals surface area contributed by atoms with Crippen LogP contribution in [-0.4, -0.2) is 29.2 Å². The summed E-state index contributed by atoms with van der Waals surface area (Å²) in [4.78, 5) is 24.2. The zero-order valence-corrected chi connectivity index (χ0v) is 17.3. The minimum Gasteiger partial charge on any atom is -0.436 e. The Balaban J connectivity index is 1.94. The average molecular weight is 445 g/mol. The molecule has 0 radical (unpaired) electrons. The van der Waals surface area contributed by atoms with E-state index in [1.807, 2.05) is 0 Å². The molecule has 0 aliphatic rings. The van der Waals surface area contributed by atoms with Gasteiger partial charge in [0.2, 0.25) is 11.7 Å². The zero-order valence-electron chi connectivity index (χ0n) is 16.6. The highest BCUT2D eigenvalue weighted by molar-refractivity contribution is 6.31. The van der Waals surface area contributed by atoms with E-state index in [-0.39, 0.29) is 11.6 Å². The highest BCUT2D eigenvalue weighted by Crippen LogP contribution is 2.34. The van der Waals surface area contributed by atoms with Crippen molar-refractivity contribution in [1.29, 1.82) is 0 Å². The summed E-state index contributed by atoms with van der Waals surface area (Å²) in [5.41, 5.74) is 6.44. The number of amides is 1. The second kappa shape index (κ2) is 9.86. The van der Waals surface area contributed by atoms with Gasteiger partial charge in [-0.25, -0.2) is 0 Å². The molecule has 31 heavy (non-hydrogen) atoms. The van der Waals surface area contributed by atoms with E-state index in [4.69, 9.17) is 26.8 Å². The molecule has 2 aromatic carbocycles. The first-order chi connectivity index (χ1) is 14.9. The summed E-state index contributed by atoms with van der Waals surface area (Å²) in [6.45, 7) is 1.73. The summed E-state index contributed by atoms with van der Waals surface area (Å²) in [5, 5.41) is 4.07. The molecule has 160 valence electrons. The number of ether oxygens (including phenoxy) is 2. The third-order valence-electron chi connectivity index (χ3n) is 4.23. The number of aromatic nitrogens is 2. The molecule has 0 bridgehead atoms. The Kier molecular flexibility index (Phi) is 6.99. The lowest BCUT2D eigenvalue weighted by atomic mass is 9.99. The van der Waals surface area contributed by atoms with Gasteiger partial charge in [0.25, 0.3) is 11.8 Å². The van der Waals surface area contributed by atoms with Crippen molar-refractivity contribution in [2.45, 2.75) is 12.8 Å². The van der Waals surface area contributed by atoms with Gasteiger partial charge < -0.3 is 20.0 Å². The molecular formula is C21H18ClFN4O4. The number of oxime groups is 1. The van der Waals surface area contributed by atoms with E-state index in [0.717, 1.165) is 6.33 Å². The Morgan fingerprint density at radius 2 is 1.77 bits per heavy atom. The fraction of sp³-hybridized carbons (Fsp3) is 0.143. The maximum atomic E-state index is 15.0. The van der Waals surface area contributed by atoms with Crippen LogP contribution in [0.1, 0.15) is 17.0 Å². The molecule has 1 unspecified atom stereocenters. The van der Waals surface area contributed by atoms with Gasteiger partial charge in [-0.05, 0) is 25.1 Å². The molecular weight excluding hydrogens is 427 g/mol. The van der Waals surface area contributed by atoms with Gasteiger partial charge in [-0.3, -0.25) is 4.79 Å². The van der Waals surface area contributed by atoms with Crippen molar-refractivity contribution in [2.24, 2.45) is 10.9 Å². The predicted octanol–water partition coefficient (Wildman–Crippen LogP) is 4.36. The molecule has 0 aliphatic heterocycles. The SMILES string of the molecule is CO/N=C/C(C(N)=O)c1ccccc1Oc1ncnc(Oc2cccc(Cl)c2C)c1F. The van der Waals surface area contributed by atoms with E-state index >= 15 is 4.39 Å². The van der Waals surface area contributed by atoms with Crippen LogP contribution < -0.4 is 15.2 Å². The number of nitrogens with two attached hydrogens (primary N) is 1. The molecule has 1 amide bonds. The molecule has 0 spiro atoms. The number of carbonyl (C=O) groups excluding carboxylic acids is 1. The highest BCUT2D eigenvalue weighted by Gasteiger charge is 2.23. The van der Waals surface area contributed by atoms with Crippen LogP contribution in [0.15, 0.2) is 53.9 Å². The highest BCUT2D eigenvalue weighted by atomic mass is 35.5. The van der Waals surface area contributed by atoms with Crippen molar-refractivity contribution in [2.75, 3.05) is 7.11 Å². The summed E-state index contributed by atoms with van der Waals surface area (Å²) < 4.78 is 26.2. The van der Waals surface area contributed by atoms with Gasteiger partial charge in [-0.15, -0.1) is 0 Å². The van der Waals surface area contributed by atoms with Crippen molar-refractivity contribution < 1.29 is 23.5 Å². The predicted molar refractivity (Wildman–Crippen MR) is 112 cm³/mol. The Labute approximate surface area is 182 Å². The van der Waals surface area contributed by atoms with Crippen molar-refractivity contribution in [1.82, 2.24) is 9.97 Å². The van der Waals surface area contributed by atoms with Crippen molar-refractivity contribution in [3.8, 4) is 23.3 Å². The first kappa shape index (κ1) is 22.0. The maximum absolute atomic E-state index is 15.0. The molecule has 10 heteroatoms. The zero-order chi connectivity index (χ0) is 22.4. The van der Waals surface area contributed by atoms with Gasteiger partial charge in [0, 0.05) is 16.1 Å². The summed E-state index contributed by atoms with van der Waals surface area (Å²) in [7, 11) is 1.33. The number of hydrogen-bond acceptors (Lipinski definition) is 7. The van der Waals surface area contributed by atoms with E-state index in [1.54, 1.807) is 43.3 Å². The molecule has 1 aromatic heterocycles. The number of primary amides is 1. The van der Waals surface area contributed by atoms with E-state index < -0.39 is 23.5 Å². The molecule has 1 heterocycles. The van der Waals surface area contributed by atoms with Crippen LogP contribution in [-0.2, 0) is 9.63 Å². The molecule has 0 fully saturated rings. The summed E-state index contributed by atoms with van der Waals surface area (Å²) >= 11 is 6.08. The fourth-order valence-corrected chi connectivity index (χ4v) is 2.81. The van der Waals surface area contributed by atoms with Crippen LogP contribution in [0.3, 0.4) is 0 Å². The summed E-state index contributed by atoms with van der Waals surface area (Å²) in [6.07, 6.45) is 2.31. The Bertz CT molecular complexity index is 1130. The fourth-order valence-electron chi connectivity index (χ4n) is 2.65. The first-order valence-corrected chi connectivity index (χ1v) is 9.36. The number of halogens is 2. The van der Waals surface area contributed by atoms with E-state index in [2.05, 4.69) is 20.0 Å². The lowest BCUT2D eigenvalue weighted by molar-refractivity contribution is -0.118. The standard InChI is InChI=1S/C21H18ClFN4O4/c1-12-15(22)7-5-9-16(12)30-20-18(23)21(26-11-25-20)31-17-8-4-3-6-13(17)14(19(24)28)10-27-29-2/h3-11,14H,1-2H3,(H2,24,28)/b27-10+. The van der Waals surface area contributed by atoms with E-state index in [9.17, 15) is 4.79 Å². The molecule has 2 N–H and O–H groups in total. The van der Waals surface area contributed by atoms with E-state index in [0.29, 0.717) is 21.9 Å². The number of nitrogens with zero attached hydrogens (tertiary/aromatic N) is 3. The van der Waals surface area contributed by atoms with Crippen LogP contribution in [0.5, 0.6) is 23.3 Å².